The zero-order valence-electron chi connectivity index (χ0n) is 7.79. The molecule has 0 unspecified atom stereocenters. The monoisotopic (exact) mass is 179 g/mol. The van der Waals surface area contributed by atoms with E-state index < -0.39 is 5.97 Å². The lowest BCUT2D eigenvalue weighted by atomic mass is 9.99. The molecule has 0 bridgehead atoms. The maximum absolute atomic E-state index is 10.8. The van der Waals surface area contributed by atoms with E-state index in [9.17, 15) is 4.79 Å². The first-order valence-electron chi connectivity index (χ1n) is 4.19. The van der Waals surface area contributed by atoms with Gasteiger partial charge in [-0.15, -0.1) is 0 Å². The van der Waals surface area contributed by atoms with Crippen molar-refractivity contribution in [2.45, 2.75) is 20.3 Å². The molecule has 3 nitrogen and oxygen atoms in total. The van der Waals surface area contributed by atoms with Crippen LogP contribution in [-0.4, -0.2) is 11.1 Å². The van der Waals surface area contributed by atoms with Crippen LogP contribution in [0.1, 0.15) is 28.4 Å². The summed E-state index contributed by atoms with van der Waals surface area (Å²) >= 11 is 0. The van der Waals surface area contributed by atoms with Crippen molar-refractivity contribution >= 4 is 11.7 Å². The maximum atomic E-state index is 10.8. The molecular formula is C10H13NO2. The summed E-state index contributed by atoms with van der Waals surface area (Å²) < 4.78 is 0. The Morgan fingerprint density at radius 1 is 1.54 bits per heavy atom. The Morgan fingerprint density at radius 3 is 2.62 bits per heavy atom. The third kappa shape index (κ3) is 1.64. The fourth-order valence-electron chi connectivity index (χ4n) is 1.48. The van der Waals surface area contributed by atoms with E-state index in [4.69, 9.17) is 10.8 Å². The lowest BCUT2D eigenvalue weighted by molar-refractivity contribution is 0.0696. The van der Waals surface area contributed by atoms with Gasteiger partial charge in [0, 0.05) is 5.69 Å². The lowest BCUT2D eigenvalue weighted by Gasteiger charge is -2.09. The van der Waals surface area contributed by atoms with Gasteiger partial charge in [0.25, 0.3) is 0 Å². The molecule has 0 atom stereocenters. The first kappa shape index (κ1) is 9.58. The summed E-state index contributed by atoms with van der Waals surface area (Å²) in [5.41, 5.74) is 8.42. The quantitative estimate of drug-likeness (QED) is 0.681. The van der Waals surface area contributed by atoms with Crippen molar-refractivity contribution in [3.05, 3.63) is 28.8 Å². The van der Waals surface area contributed by atoms with Crippen molar-refractivity contribution < 1.29 is 9.90 Å². The van der Waals surface area contributed by atoms with Crippen LogP contribution in [0.25, 0.3) is 0 Å². The van der Waals surface area contributed by atoms with Gasteiger partial charge >= 0.3 is 5.97 Å². The number of benzene rings is 1. The minimum atomic E-state index is -0.896. The van der Waals surface area contributed by atoms with E-state index in [0.717, 1.165) is 17.5 Å². The fraction of sp³-hybridized carbons (Fsp3) is 0.300. The van der Waals surface area contributed by atoms with E-state index in [-0.39, 0.29) is 0 Å². The molecule has 0 radical (unpaired) electrons. The second-order valence-electron chi connectivity index (χ2n) is 2.96. The van der Waals surface area contributed by atoms with Crippen LogP contribution in [0.5, 0.6) is 0 Å². The molecule has 0 aliphatic rings. The van der Waals surface area contributed by atoms with Crippen molar-refractivity contribution in [2.24, 2.45) is 0 Å². The van der Waals surface area contributed by atoms with Crippen molar-refractivity contribution in [3.63, 3.8) is 0 Å². The molecule has 3 heteroatoms. The smallest absolute Gasteiger partial charge is 0.335 e. The highest BCUT2D eigenvalue weighted by Crippen LogP contribution is 2.20. The van der Waals surface area contributed by atoms with Gasteiger partial charge in [-0.1, -0.05) is 6.92 Å². The average Bonchev–Trinajstić information content (AvgIpc) is 2.04. The van der Waals surface area contributed by atoms with Crippen molar-refractivity contribution in [1.29, 1.82) is 0 Å². The Morgan fingerprint density at radius 2 is 2.15 bits per heavy atom. The normalized spacial score (nSPS) is 10.0. The van der Waals surface area contributed by atoms with Gasteiger partial charge in [0.05, 0.1) is 5.56 Å². The predicted octanol–water partition coefficient (Wildman–Crippen LogP) is 1.84. The largest absolute Gasteiger partial charge is 0.478 e. The van der Waals surface area contributed by atoms with Crippen LogP contribution in [0.2, 0.25) is 0 Å². The molecule has 0 heterocycles. The molecular weight excluding hydrogens is 166 g/mol. The van der Waals surface area contributed by atoms with Crippen LogP contribution in [0.4, 0.5) is 5.69 Å². The first-order chi connectivity index (χ1) is 6.07. The zero-order chi connectivity index (χ0) is 10.0. The summed E-state index contributed by atoms with van der Waals surface area (Å²) in [7, 11) is 0. The molecule has 0 amide bonds. The Hall–Kier alpha value is -1.51. The van der Waals surface area contributed by atoms with Gasteiger partial charge in [0.1, 0.15) is 0 Å². The number of carboxylic acids is 1. The van der Waals surface area contributed by atoms with Crippen LogP contribution in [0.3, 0.4) is 0 Å². The summed E-state index contributed by atoms with van der Waals surface area (Å²) in [5.74, 6) is -0.896. The molecule has 0 fully saturated rings. The number of aromatic carboxylic acids is 1. The number of nitrogen functional groups attached to an aromatic ring is 1. The van der Waals surface area contributed by atoms with Crippen LogP contribution < -0.4 is 5.73 Å². The summed E-state index contributed by atoms with van der Waals surface area (Å²) in [6.07, 6.45) is 0.763. The number of anilines is 1. The van der Waals surface area contributed by atoms with E-state index >= 15 is 0 Å². The molecule has 0 aliphatic carbocycles. The Kier molecular flexibility index (Phi) is 2.56. The predicted molar refractivity (Wildman–Crippen MR) is 51.9 cm³/mol. The molecule has 1 aromatic rings. The second-order valence-corrected chi connectivity index (χ2v) is 2.96. The number of hydrogen-bond acceptors (Lipinski definition) is 2. The molecule has 1 rings (SSSR count). The summed E-state index contributed by atoms with van der Waals surface area (Å²) in [6.45, 7) is 3.75. The van der Waals surface area contributed by atoms with Gasteiger partial charge in [-0.05, 0) is 36.6 Å². The molecule has 0 aliphatic heterocycles. The number of nitrogens with two attached hydrogens (primary N) is 1. The topological polar surface area (TPSA) is 63.3 Å². The molecule has 13 heavy (non-hydrogen) atoms. The van der Waals surface area contributed by atoms with E-state index in [0.29, 0.717) is 11.3 Å². The number of hydrogen-bond donors (Lipinski definition) is 2. The van der Waals surface area contributed by atoms with E-state index in [1.165, 1.54) is 0 Å². The zero-order valence-corrected chi connectivity index (χ0v) is 7.79. The summed E-state index contributed by atoms with van der Waals surface area (Å²) in [6, 6.07) is 3.20. The number of rotatable bonds is 2. The fourth-order valence-corrected chi connectivity index (χ4v) is 1.48. The van der Waals surface area contributed by atoms with E-state index in [1.807, 2.05) is 6.92 Å². The molecule has 0 saturated heterocycles. The second kappa shape index (κ2) is 3.47. The lowest BCUT2D eigenvalue weighted by Crippen LogP contribution is -2.05. The highest BCUT2D eigenvalue weighted by Gasteiger charge is 2.11. The minimum Gasteiger partial charge on any atom is -0.478 e. The Bertz CT molecular complexity index is 345. The van der Waals surface area contributed by atoms with Gasteiger partial charge in [-0.25, -0.2) is 4.79 Å². The van der Waals surface area contributed by atoms with Crippen molar-refractivity contribution in [3.8, 4) is 0 Å². The van der Waals surface area contributed by atoms with Gasteiger partial charge in [-0.3, -0.25) is 0 Å². The highest BCUT2D eigenvalue weighted by molar-refractivity contribution is 5.90. The molecule has 1 aromatic carbocycles. The van der Waals surface area contributed by atoms with Crippen LogP contribution in [0, 0.1) is 6.92 Å². The van der Waals surface area contributed by atoms with E-state index in [2.05, 4.69) is 0 Å². The number of carboxylic acid groups (broad SMARTS) is 1. The SMILES string of the molecule is CCc1c(N)ccc(C(=O)O)c1C. The maximum Gasteiger partial charge on any atom is 0.335 e. The van der Waals surface area contributed by atoms with E-state index in [1.54, 1.807) is 19.1 Å². The standard InChI is InChI=1S/C10H13NO2/c1-3-7-6(2)8(10(12)13)4-5-9(7)11/h4-5H,3,11H2,1-2H3,(H,12,13). The average molecular weight is 179 g/mol. The van der Waals surface area contributed by atoms with Crippen LogP contribution in [-0.2, 0) is 6.42 Å². The third-order valence-electron chi connectivity index (χ3n) is 2.22. The first-order valence-corrected chi connectivity index (χ1v) is 4.19. The minimum absolute atomic E-state index is 0.339. The highest BCUT2D eigenvalue weighted by atomic mass is 16.4. The molecule has 0 aromatic heterocycles. The Labute approximate surface area is 77.2 Å². The van der Waals surface area contributed by atoms with Gasteiger partial charge in [0.15, 0.2) is 0 Å². The van der Waals surface area contributed by atoms with Crippen LogP contribution >= 0.6 is 0 Å². The molecule has 0 spiro atoms. The Balaban J connectivity index is 3.35. The third-order valence-corrected chi connectivity index (χ3v) is 2.22. The summed E-state index contributed by atoms with van der Waals surface area (Å²) in [4.78, 5) is 10.8. The summed E-state index contributed by atoms with van der Waals surface area (Å²) in [5, 5.41) is 8.84. The molecule has 0 saturated carbocycles. The van der Waals surface area contributed by atoms with Crippen molar-refractivity contribution in [2.75, 3.05) is 5.73 Å². The van der Waals surface area contributed by atoms with Crippen molar-refractivity contribution in [1.82, 2.24) is 0 Å². The van der Waals surface area contributed by atoms with Crippen LogP contribution in [0.15, 0.2) is 12.1 Å². The van der Waals surface area contributed by atoms with Gasteiger partial charge in [0.2, 0.25) is 0 Å². The van der Waals surface area contributed by atoms with Gasteiger partial charge in [-0.2, -0.15) is 0 Å². The molecule has 70 valence electrons. The van der Waals surface area contributed by atoms with Gasteiger partial charge < -0.3 is 10.8 Å². The molecule has 3 N–H and O–H groups in total. The number of carbonyl (C=O) groups is 1.